The molecule has 5 nitrogen and oxygen atoms in total. The molecule has 5 heteroatoms. The molecule has 1 aromatic carbocycles. The van der Waals surface area contributed by atoms with Crippen molar-refractivity contribution in [3.05, 3.63) is 34.9 Å². The summed E-state index contributed by atoms with van der Waals surface area (Å²) < 4.78 is 4.89. The number of guanidine groups is 1. The molecule has 0 atom stereocenters. The molecule has 2 N–H and O–H groups in total. The fraction of sp³-hybridized carbons (Fsp3) is 0.529. The number of ether oxygens (including phenoxy) is 1. The van der Waals surface area contributed by atoms with E-state index in [1.807, 2.05) is 6.92 Å². The number of nitrogens with zero attached hydrogens (tertiary/aromatic N) is 1. The summed E-state index contributed by atoms with van der Waals surface area (Å²) in [6, 6.07) is 6.41. The number of aryl methyl sites for hydroxylation is 2. The van der Waals surface area contributed by atoms with Crippen molar-refractivity contribution in [1.82, 2.24) is 10.6 Å². The molecule has 0 radical (unpaired) electrons. The lowest BCUT2D eigenvalue weighted by atomic mass is 10.1. The van der Waals surface area contributed by atoms with Gasteiger partial charge >= 0.3 is 5.97 Å². The van der Waals surface area contributed by atoms with E-state index in [0.29, 0.717) is 19.6 Å². The van der Waals surface area contributed by atoms with Gasteiger partial charge in [-0.15, -0.1) is 0 Å². The van der Waals surface area contributed by atoms with Crippen molar-refractivity contribution < 1.29 is 9.53 Å². The number of carbonyl (C=O) groups excluding carboxylic acids is 1. The van der Waals surface area contributed by atoms with E-state index in [0.717, 1.165) is 18.9 Å². The molecule has 1 aromatic rings. The predicted octanol–water partition coefficient (Wildman–Crippen LogP) is 2.31. The molecule has 0 aliphatic rings. The molecule has 0 bridgehead atoms. The first-order chi connectivity index (χ1) is 10.6. The maximum atomic E-state index is 11.2. The number of hydrogen-bond donors (Lipinski definition) is 2. The number of nitrogens with one attached hydrogen (secondary N) is 2. The van der Waals surface area contributed by atoms with Crippen LogP contribution in [-0.4, -0.2) is 32.1 Å². The molecule has 1 rings (SSSR count). The fourth-order valence-electron chi connectivity index (χ4n) is 2.12. The summed E-state index contributed by atoms with van der Waals surface area (Å²) in [5.74, 6) is 0.589. The van der Waals surface area contributed by atoms with Gasteiger partial charge in [-0.25, -0.2) is 0 Å². The number of aliphatic imine (C=N–C) groups is 1. The average molecular weight is 305 g/mol. The van der Waals surface area contributed by atoms with Crippen LogP contribution >= 0.6 is 0 Å². The molecule has 22 heavy (non-hydrogen) atoms. The van der Waals surface area contributed by atoms with Gasteiger partial charge in [0.15, 0.2) is 5.96 Å². The SMILES string of the molecule is CCOC(=O)CCCNC(=NC)NCc1ccc(C)cc1C. The van der Waals surface area contributed by atoms with E-state index in [1.165, 1.54) is 16.7 Å². The third-order valence-electron chi connectivity index (χ3n) is 3.32. The van der Waals surface area contributed by atoms with E-state index >= 15 is 0 Å². The minimum absolute atomic E-state index is 0.150. The molecule has 0 saturated carbocycles. The van der Waals surface area contributed by atoms with Crippen molar-refractivity contribution in [2.24, 2.45) is 4.99 Å². The van der Waals surface area contributed by atoms with Crippen LogP contribution in [0.1, 0.15) is 36.5 Å². The first-order valence-electron chi connectivity index (χ1n) is 7.73. The molecule has 0 amide bonds. The van der Waals surface area contributed by atoms with E-state index < -0.39 is 0 Å². The summed E-state index contributed by atoms with van der Waals surface area (Å²) in [6.45, 7) is 7.86. The van der Waals surface area contributed by atoms with Gasteiger partial charge in [0.25, 0.3) is 0 Å². The van der Waals surface area contributed by atoms with Gasteiger partial charge in [0.1, 0.15) is 0 Å². The summed E-state index contributed by atoms with van der Waals surface area (Å²) in [4.78, 5) is 15.4. The Bertz CT molecular complexity index is 513. The largest absolute Gasteiger partial charge is 0.466 e. The Kier molecular flexibility index (Phi) is 8.04. The Hall–Kier alpha value is -2.04. The van der Waals surface area contributed by atoms with Crippen LogP contribution < -0.4 is 10.6 Å². The standard InChI is InChI=1S/C17H27N3O2/c1-5-22-16(21)7-6-10-19-17(18-4)20-12-15-9-8-13(2)11-14(15)3/h8-9,11H,5-7,10,12H2,1-4H3,(H2,18,19,20). The van der Waals surface area contributed by atoms with Crippen LogP contribution in [0.5, 0.6) is 0 Å². The van der Waals surface area contributed by atoms with Gasteiger partial charge in [0.05, 0.1) is 6.61 Å². The van der Waals surface area contributed by atoms with Crippen LogP contribution in [0.25, 0.3) is 0 Å². The van der Waals surface area contributed by atoms with Gasteiger partial charge in [-0.2, -0.15) is 0 Å². The molecule has 0 heterocycles. The summed E-state index contributed by atoms with van der Waals surface area (Å²) in [5, 5.41) is 6.48. The molecular weight excluding hydrogens is 278 g/mol. The van der Waals surface area contributed by atoms with Gasteiger partial charge in [-0.05, 0) is 38.3 Å². The van der Waals surface area contributed by atoms with Gasteiger partial charge in [0.2, 0.25) is 0 Å². The second-order valence-electron chi connectivity index (χ2n) is 5.19. The molecule has 0 spiro atoms. The Balaban J connectivity index is 2.32. The van der Waals surface area contributed by atoms with E-state index in [2.05, 4.69) is 47.7 Å². The summed E-state index contributed by atoms with van der Waals surface area (Å²) in [6.07, 6.45) is 1.15. The zero-order valence-electron chi connectivity index (χ0n) is 14.0. The first kappa shape index (κ1) is 18.0. The number of esters is 1. The van der Waals surface area contributed by atoms with Crippen LogP contribution in [0.15, 0.2) is 23.2 Å². The third-order valence-corrected chi connectivity index (χ3v) is 3.32. The van der Waals surface area contributed by atoms with Crippen molar-refractivity contribution >= 4 is 11.9 Å². The maximum Gasteiger partial charge on any atom is 0.305 e. The fourth-order valence-corrected chi connectivity index (χ4v) is 2.12. The van der Waals surface area contributed by atoms with Crippen LogP contribution in [0.2, 0.25) is 0 Å². The molecule has 0 aromatic heterocycles. The predicted molar refractivity (Wildman–Crippen MR) is 90.0 cm³/mol. The average Bonchev–Trinajstić information content (AvgIpc) is 2.48. The molecule has 0 saturated heterocycles. The van der Waals surface area contributed by atoms with Gasteiger partial charge in [-0.3, -0.25) is 9.79 Å². The van der Waals surface area contributed by atoms with Gasteiger partial charge in [0, 0.05) is 26.6 Å². The quantitative estimate of drug-likeness (QED) is 0.351. The van der Waals surface area contributed by atoms with Crippen molar-refractivity contribution in [2.75, 3.05) is 20.2 Å². The van der Waals surface area contributed by atoms with Crippen LogP contribution in [0.4, 0.5) is 0 Å². The Morgan fingerprint density at radius 3 is 2.68 bits per heavy atom. The van der Waals surface area contributed by atoms with Crippen molar-refractivity contribution in [3.63, 3.8) is 0 Å². The van der Waals surface area contributed by atoms with E-state index in [1.54, 1.807) is 7.05 Å². The zero-order valence-corrected chi connectivity index (χ0v) is 14.0. The van der Waals surface area contributed by atoms with Crippen LogP contribution in [0, 0.1) is 13.8 Å². The summed E-state index contributed by atoms with van der Waals surface area (Å²) in [5.41, 5.74) is 3.79. The summed E-state index contributed by atoms with van der Waals surface area (Å²) in [7, 11) is 1.74. The zero-order chi connectivity index (χ0) is 16.4. The third kappa shape index (κ3) is 6.61. The lowest BCUT2D eigenvalue weighted by molar-refractivity contribution is -0.143. The molecule has 0 fully saturated rings. The molecule has 0 aliphatic carbocycles. The smallest absolute Gasteiger partial charge is 0.305 e. The lowest BCUT2D eigenvalue weighted by Gasteiger charge is -2.13. The molecular formula is C17H27N3O2. The number of carbonyl (C=O) groups is 1. The number of hydrogen-bond acceptors (Lipinski definition) is 3. The summed E-state index contributed by atoms with van der Waals surface area (Å²) >= 11 is 0. The number of rotatable bonds is 7. The monoisotopic (exact) mass is 305 g/mol. The highest BCUT2D eigenvalue weighted by molar-refractivity contribution is 5.79. The highest BCUT2D eigenvalue weighted by Gasteiger charge is 2.03. The van der Waals surface area contributed by atoms with Gasteiger partial charge in [-0.1, -0.05) is 23.8 Å². The maximum absolute atomic E-state index is 11.2. The number of benzene rings is 1. The van der Waals surface area contributed by atoms with Crippen molar-refractivity contribution in [1.29, 1.82) is 0 Å². The molecule has 122 valence electrons. The van der Waals surface area contributed by atoms with Gasteiger partial charge < -0.3 is 15.4 Å². The van der Waals surface area contributed by atoms with E-state index in [4.69, 9.17) is 4.74 Å². The Morgan fingerprint density at radius 2 is 2.05 bits per heavy atom. The second kappa shape index (κ2) is 9.82. The molecule has 0 aliphatic heterocycles. The van der Waals surface area contributed by atoms with E-state index in [9.17, 15) is 4.79 Å². The minimum atomic E-state index is -0.150. The minimum Gasteiger partial charge on any atom is -0.466 e. The highest BCUT2D eigenvalue weighted by atomic mass is 16.5. The Morgan fingerprint density at radius 1 is 1.27 bits per heavy atom. The normalized spacial score (nSPS) is 11.2. The van der Waals surface area contributed by atoms with Crippen molar-refractivity contribution in [3.8, 4) is 0 Å². The topological polar surface area (TPSA) is 62.7 Å². The first-order valence-corrected chi connectivity index (χ1v) is 7.73. The Labute approximate surface area is 133 Å². The van der Waals surface area contributed by atoms with Crippen molar-refractivity contribution in [2.45, 2.75) is 40.2 Å². The molecule has 0 unspecified atom stereocenters. The lowest BCUT2D eigenvalue weighted by Crippen LogP contribution is -2.37. The second-order valence-corrected chi connectivity index (χ2v) is 5.19. The van der Waals surface area contributed by atoms with Crippen LogP contribution in [-0.2, 0) is 16.1 Å². The van der Waals surface area contributed by atoms with Crippen LogP contribution in [0.3, 0.4) is 0 Å². The van der Waals surface area contributed by atoms with E-state index in [-0.39, 0.29) is 5.97 Å². The highest BCUT2D eigenvalue weighted by Crippen LogP contribution is 2.09.